The summed E-state index contributed by atoms with van der Waals surface area (Å²) in [4.78, 5) is 33.7. The van der Waals surface area contributed by atoms with Crippen molar-refractivity contribution in [2.75, 3.05) is 6.54 Å². The van der Waals surface area contributed by atoms with Crippen LogP contribution in [0.3, 0.4) is 0 Å². The maximum atomic E-state index is 11.9. The Morgan fingerprint density at radius 2 is 1.86 bits per heavy atom. The van der Waals surface area contributed by atoms with Crippen LogP contribution in [0.25, 0.3) is 0 Å². The molecule has 0 saturated heterocycles. The number of rotatable bonds is 4. The number of nitrogens with one attached hydrogen (secondary N) is 2. The monoisotopic (exact) mass is 291 g/mol. The van der Waals surface area contributed by atoms with Gasteiger partial charge in [0.05, 0.1) is 6.54 Å². The standard InChI is InChI=1S/C13H13N3O5/c1-2-9-3-5-10(6-4-9)12(18)14-16(13(19)20)8-7-11(17)15-21/h1,3-6,21H,7-8H2,(H,14,18)(H,15,17)(H,19,20). The van der Waals surface area contributed by atoms with Crippen molar-refractivity contribution < 1.29 is 24.7 Å². The van der Waals surface area contributed by atoms with E-state index in [2.05, 4.69) is 11.3 Å². The van der Waals surface area contributed by atoms with Crippen molar-refractivity contribution in [3.8, 4) is 12.3 Å². The Morgan fingerprint density at radius 3 is 2.33 bits per heavy atom. The summed E-state index contributed by atoms with van der Waals surface area (Å²) >= 11 is 0. The van der Waals surface area contributed by atoms with E-state index < -0.39 is 17.9 Å². The molecule has 0 aliphatic heterocycles. The van der Waals surface area contributed by atoms with Crippen molar-refractivity contribution >= 4 is 17.9 Å². The van der Waals surface area contributed by atoms with Gasteiger partial charge in [-0.2, -0.15) is 0 Å². The third kappa shape index (κ3) is 4.85. The fraction of sp³-hybridized carbons (Fsp3) is 0.154. The van der Waals surface area contributed by atoms with Crippen molar-refractivity contribution in [3.63, 3.8) is 0 Å². The van der Waals surface area contributed by atoms with Gasteiger partial charge in [-0.1, -0.05) is 5.92 Å². The maximum absolute atomic E-state index is 11.9. The molecule has 4 N–H and O–H groups in total. The molecule has 1 aromatic rings. The van der Waals surface area contributed by atoms with E-state index in [-0.39, 0.29) is 18.5 Å². The Hall–Kier alpha value is -3.05. The fourth-order valence-corrected chi connectivity index (χ4v) is 1.37. The fourth-order valence-electron chi connectivity index (χ4n) is 1.37. The number of terminal acetylenes is 1. The molecule has 8 nitrogen and oxygen atoms in total. The lowest BCUT2D eigenvalue weighted by Crippen LogP contribution is -2.47. The van der Waals surface area contributed by atoms with Crippen molar-refractivity contribution in [3.05, 3.63) is 35.4 Å². The number of carbonyl (C=O) groups is 3. The molecule has 8 heteroatoms. The first-order valence-corrected chi connectivity index (χ1v) is 5.79. The maximum Gasteiger partial charge on any atom is 0.426 e. The zero-order valence-electron chi connectivity index (χ0n) is 10.9. The molecular weight excluding hydrogens is 278 g/mol. The van der Waals surface area contributed by atoms with Crippen LogP contribution in [0.15, 0.2) is 24.3 Å². The lowest BCUT2D eigenvalue weighted by Gasteiger charge is -2.19. The summed E-state index contributed by atoms with van der Waals surface area (Å²) in [6.45, 7) is -0.310. The van der Waals surface area contributed by atoms with Crippen LogP contribution in [0.4, 0.5) is 4.79 Å². The van der Waals surface area contributed by atoms with Gasteiger partial charge in [0.2, 0.25) is 5.91 Å². The number of amides is 3. The third-order valence-corrected chi connectivity index (χ3v) is 2.47. The zero-order chi connectivity index (χ0) is 15.8. The number of nitrogens with zero attached hydrogens (tertiary/aromatic N) is 1. The lowest BCUT2D eigenvalue weighted by molar-refractivity contribution is -0.129. The molecule has 0 spiro atoms. The highest BCUT2D eigenvalue weighted by molar-refractivity contribution is 5.95. The van der Waals surface area contributed by atoms with Crippen LogP contribution in [-0.2, 0) is 4.79 Å². The van der Waals surface area contributed by atoms with E-state index in [0.29, 0.717) is 10.6 Å². The van der Waals surface area contributed by atoms with Crippen LogP contribution in [0, 0.1) is 12.3 Å². The summed E-state index contributed by atoms with van der Waals surface area (Å²) < 4.78 is 0. The number of hydrogen-bond donors (Lipinski definition) is 4. The average molecular weight is 291 g/mol. The number of hydrogen-bond acceptors (Lipinski definition) is 4. The summed E-state index contributed by atoms with van der Waals surface area (Å²) in [5, 5.41) is 17.8. The van der Waals surface area contributed by atoms with E-state index >= 15 is 0 Å². The first-order valence-electron chi connectivity index (χ1n) is 5.79. The minimum atomic E-state index is -1.44. The first-order chi connectivity index (χ1) is 9.97. The van der Waals surface area contributed by atoms with Crippen LogP contribution < -0.4 is 10.9 Å². The summed E-state index contributed by atoms with van der Waals surface area (Å²) in [5.41, 5.74) is 4.30. The molecule has 1 aromatic carbocycles. The van der Waals surface area contributed by atoms with Gasteiger partial charge in [0.1, 0.15) is 0 Å². The minimum absolute atomic E-state index is 0.215. The van der Waals surface area contributed by atoms with Crippen LogP contribution in [-0.4, -0.2) is 39.8 Å². The predicted octanol–water partition coefficient (Wildman–Crippen LogP) is 0.188. The van der Waals surface area contributed by atoms with Gasteiger partial charge in [-0.25, -0.2) is 15.3 Å². The quantitative estimate of drug-likeness (QED) is 0.358. The number of hydrazine groups is 1. The van der Waals surface area contributed by atoms with E-state index in [1.54, 1.807) is 12.1 Å². The summed E-state index contributed by atoms with van der Waals surface area (Å²) in [6, 6.07) is 5.98. The molecule has 0 aromatic heterocycles. The van der Waals surface area contributed by atoms with E-state index in [1.165, 1.54) is 17.6 Å². The van der Waals surface area contributed by atoms with Gasteiger partial charge in [0.15, 0.2) is 0 Å². The molecule has 0 fully saturated rings. The van der Waals surface area contributed by atoms with Crippen LogP contribution in [0.2, 0.25) is 0 Å². The second-order valence-corrected chi connectivity index (χ2v) is 3.88. The van der Waals surface area contributed by atoms with E-state index in [1.807, 2.05) is 0 Å². The van der Waals surface area contributed by atoms with Gasteiger partial charge in [-0.3, -0.25) is 20.2 Å². The van der Waals surface area contributed by atoms with Gasteiger partial charge in [0, 0.05) is 17.5 Å². The molecule has 0 heterocycles. The van der Waals surface area contributed by atoms with Gasteiger partial charge < -0.3 is 5.11 Å². The van der Waals surface area contributed by atoms with E-state index in [4.69, 9.17) is 16.7 Å². The number of carboxylic acid groups (broad SMARTS) is 1. The summed E-state index contributed by atoms with van der Waals surface area (Å²) in [7, 11) is 0. The highest BCUT2D eigenvalue weighted by Gasteiger charge is 2.17. The van der Waals surface area contributed by atoms with Gasteiger partial charge in [-0.15, -0.1) is 6.42 Å². The van der Waals surface area contributed by atoms with Crippen molar-refractivity contribution in [2.45, 2.75) is 6.42 Å². The molecule has 1 rings (SSSR count). The first kappa shape index (κ1) is 16.0. The number of benzene rings is 1. The van der Waals surface area contributed by atoms with Gasteiger partial charge in [-0.05, 0) is 24.3 Å². The topological polar surface area (TPSA) is 119 Å². The Kier molecular flexibility index (Phi) is 5.73. The smallest absolute Gasteiger partial charge is 0.426 e. The lowest BCUT2D eigenvalue weighted by atomic mass is 10.1. The molecular formula is C13H13N3O5. The van der Waals surface area contributed by atoms with Crippen molar-refractivity contribution in [1.29, 1.82) is 0 Å². The molecule has 0 radical (unpaired) electrons. The Balaban J connectivity index is 2.69. The Morgan fingerprint density at radius 1 is 1.24 bits per heavy atom. The molecule has 0 aliphatic rings. The van der Waals surface area contributed by atoms with E-state index in [0.717, 1.165) is 0 Å². The Labute approximate surface area is 120 Å². The molecule has 0 saturated carbocycles. The highest BCUT2D eigenvalue weighted by Crippen LogP contribution is 2.03. The summed E-state index contributed by atoms with van der Waals surface area (Å²) in [5.74, 6) is 0.956. The van der Waals surface area contributed by atoms with Crippen molar-refractivity contribution in [2.24, 2.45) is 0 Å². The van der Waals surface area contributed by atoms with E-state index in [9.17, 15) is 14.4 Å². The normalized spacial score (nSPS) is 9.33. The molecule has 21 heavy (non-hydrogen) atoms. The van der Waals surface area contributed by atoms with Crippen LogP contribution in [0.1, 0.15) is 22.3 Å². The third-order valence-electron chi connectivity index (χ3n) is 2.47. The molecule has 0 unspecified atom stereocenters. The van der Waals surface area contributed by atoms with Crippen molar-refractivity contribution in [1.82, 2.24) is 15.9 Å². The molecule has 0 aliphatic carbocycles. The number of hydroxylamine groups is 1. The summed E-state index contributed by atoms with van der Waals surface area (Å²) in [6.07, 6.45) is 3.44. The SMILES string of the molecule is C#Cc1ccc(C(=O)NN(CCC(=O)NO)C(=O)O)cc1. The number of carbonyl (C=O) groups excluding carboxylic acids is 2. The molecule has 0 atom stereocenters. The van der Waals surface area contributed by atoms with Crippen LogP contribution >= 0.6 is 0 Å². The van der Waals surface area contributed by atoms with Gasteiger partial charge >= 0.3 is 6.09 Å². The largest absolute Gasteiger partial charge is 0.464 e. The zero-order valence-corrected chi connectivity index (χ0v) is 10.9. The average Bonchev–Trinajstić information content (AvgIpc) is 2.50. The second kappa shape index (κ2) is 7.52. The molecule has 0 bridgehead atoms. The Bertz CT molecular complexity index is 576. The second-order valence-electron chi connectivity index (χ2n) is 3.88. The minimum Gasteiger partial charge on any atom is -0.464 e. The van der Waals surface area contributed by atoms with Gasteiger partial charge in [0.25, 0.3) is 5.91 Å². The molecule has 110 valence electrons. The highest BCUT2D eigenvalue weighted by atomic mass is 16.5. The predicted molar refractivity (Wildman–Crippen MR) is 71.1 cm³/mol. The van der Waals surface area contributed by atoms with Crippen LogP contribution in [0.5, 0.6) is 0 Å². The molecule has 3 amide bonds.